The summed E-state index contributed by atoms with van der Waals surface area (Å²) in [5, 5.41) is 9.14. The second-order valence-corrected chi connectivity index (χ2v) is 3.87. The maximum atomic E-state index is 10.4. The minimum absolute atomic E-state index is 0.196. The molecule has 1 N–H and O–H groups in total. The van der Waals surface area contributed by atoms with E-state index in [1.165, 1.54) is 0 Å². The van der Waals surface area contributed by atoms with E-state index < -0.39 is 0 Å². The molecule has 0 bridgehead atoms. The monoisotopic (exact) mass is 209 g/mol. The fraction of sp³-hybridized carbons (Fsp3) is 0.545. The molecule has 0 radical (unpaired) electrons. The van der Waals surface area contributed by atoms with Crippen LogP contribution in [-0.2, 0) is 6.54 Å². The largest absolute Gasteiger partial charge is 0.457 e. The number of nitrogens with zero attached hydrogens (tertiary/aromatic N) is 1. The number of hydrogen-bond acceptors (Lipinski definition) is 4. The topological polar surface area (TPSA) is 53.7 Å². The van der Waals surface area contributed by atoms with Crippen LogP contribution in [0, 0.1) is 0 Å². The van der Waals surface area contributed by atoms with Crippen LogP contribution in [0.5, 0.6) is 0 Å². The van der Waals surface area contributed by atoms with Gasteiger partial charge in [0.1, 0.15) is 5.76 Å². The number of aliphatic hydroxyl groups is 1. The minimum Gasteiger partial charge on any atom is -0.457 e. The van der Waals surface area contributed by atoms with Crippen LogP contribution in [0.25, 0.3) is 0 Å². The molecule has 1 aliphatic heterocycles. The van der Waals surface area contributed by atoms with Crippen molar-refractivity contribution in [3.8, 4) is 0 Å². The fourth-order valence-corrected chi connectivity index (χ4v) is 2.05. The number of aldehydes is 1. The highest BCUT2D eigenvalue weighted by molar-refractivity contribution is 5.70. The lowest BCUT2D eigenvalue weighted by Crippen LogP contribution is -2.31. The SMILES string of the molecule is O=Cc1ccc(CN2CCCC2CO)o1. The molecule has 1 unspecified atom stereocenters. The molecule has 2 rings (SSSR count). The second-order valence-electron chi connectivity index (χ2n) is 3.87. The first kappa shape index (κ1) is 10.4. The number of likely N-dealkylation sites (tertiary alicyclic amines) is 1. The third-order valence-corrected chi connectivity index (χ3v) is 2.87. The molecule has 4 nitrogen and oxygen atoms in total. The zero-order valence-electron chi connectivity index (χ0n) is 8.56. The molecule has 0 aliphatic carbocycles. The smallest absolute Gasteiger partial charge is 0.185 e. The van der Waals surface area contributed by atoms with E-state index in [2.05, 4.69) is 4.90 Å². The van der Waals surface area contributed by atoms with Crippen LogP contribution >= 0.6 is 0 Å². The van der Waals surface area contributed by atoms with Crippen LogP contribution in [0.1, 0.15) is 29.2 Å². The number of aliphatic hydroxyl groups excluding tert-OH is 1. The van der Waals surface area contributed by atoms with Crippen molar-refractivity contribution in [3.05, 3.63) is 23.7 Å². The number of rotatable bonds is 4. The summed E-state index contributed by atoms with van der Waals surface area (Å²) >= 11 is 0. The van der Waals surface area contributed by atoms with E-state index in [-0.39, 0.29) is 12.6 Å². The zero-order chi connectivity index (χ0) is 10.7. The van der Waals surface area contributed by atoms with Gasteiger partial charge in [-0.3, -0.25) is 9.69 Å². The summed E-state index contributed by atoms with van der Waals surface area (Å²) in [6, 6.07) is 3.73. The van der Waals surface area contributed by atoms with Crippen LogP contribution < -0.4 is 0 Å². The van der Waals surface area contributed by atoms with Gasteiger partial charge in [0.25, 0.3) is 0 Å². The van der Waals surface area contributed by atoms with Gasteiger partial charge in [0, 0.05) is 6.04 Å². The summed E-state index contributed by atoms with van der Waals surface area (Å²) < 4.78 is 5.30. The molecule has 4 heteroatoms. The standard InChI is InChI=1S/C11H15NO3/c13-7-9-2-1-5-12(9)6-10-3-4-11(8-14)15-10/h3-4,8-9,13H,1-2,5-7H2. The van der Waals surface area contributed by atoms with Crippen molar-refractivity contribution >= 4 is 6.29 Å². The maximum absolute atomic E-state index is 10.4. The summed E-state index contributed by atoms with van der Waals surface area (Å²) in [5.74, 6) is 1.15. The molecule has 1 aromatic heterocycles. The molecule has 1 fully saturated rings. The Bertz CT molecular complexity index is 334. The van der Waals surface area contributed by atoms with E-state index in [4.69, 9.17) is 9.52 Å². The third-order valence-electron chi connectivity index (χ3n) is 2.87. The number of furan rings is 1. The lowest BCUT2D eigenvalue weighted by atomic mass is 10.2. The van der Waals surface area contributed by atoms with Crippen LogP contribution in [0.3, 0.4) is 0 Å². The Morgan fingerprint density at radius 3 is 3.13 bits per heavy atom. The molecule has 0 amide bonds. The van der Waals surface area contributed by atoms with Gasteiger partial charge in [-0.2, -0.15) is 0 Å². The van der Waals surface area contributed by atoms with E-state index in [0.717, 1.165) is 25.1 Å². The predicted molar refractivity (Wildman–Crippen MR) is 54.6 cm³/mol. The Balaban J connectivity index is 1.98. The number of hydrogen-bond donors (Lipinski definition) is 1. The molecule has 0 spiro atoms. The van der Waals surface area contributed by atoms with Crippen LogP contribution in [0.15, 0.2) is 16.5 Å². The van der Waals surface area contributed by atoms with Crippen molar-refractivity contribution in [2.75, 3.05) is 13.2 Å². The van der Waals surface area contributed by atoms with Crippen molar-refractivity contribution in [3.63, 3.8) is 0 Å². The van der Waals surface area contributed by atoms with Gasteiger partial charge in [-0.05, 0) is 31.5 Å². The summed E-state index contributed by atoms with van der Waals surface area (Å²) in [5.41, 5.74) is 0. The predicted octanol–water partition coefficient (Wildman–Crippen LogP) is 1.05. The van der Waals surface area contributed by atoms with E-state index in [0.29, 0.717) is 18.6 Å². The Labute approximate surface area is 88.5 Å². The molecular weight excluding hydrogens is 194 g/mol. The first-order valence-electron chi connectivity index (χ1n) is 5.22. The molecule has 82 valence electrons. The molecule has 2 heterocycles. The molecule has 1 aliphatic rings. The van der Waals surface area contributed by atoms with Crippen LogP contribution in [0.4, 0.5) is 0 Å². The minimum atomic E-state index is 0.196. The highest BCUT2D eigenvalue weighted by Gasteiger charge is 2.24. The quantitative estimate of drug-likeness (QED) is 0.753. The molecule has 1 atom stereocenters. The molecule has 0 saturated carbocycles. The first-order valence-corrected chi connectivity index (χ1v) is 5.22. The molecular formula is C11H15NO3. The number of carbonyl (C=O) groups is 1. The normalized spacial score (nSPS) is 22.1. The van der Waals surface area contributed by atoms with Gasteiger partial charge in [-0.25, -0.2) is 0 Å². The van der Waals surface area contributed by atoms with E-state index >= 15 is 0 Å². The van der Waals surface area contributed by atoms with Crippen molar-refractivity contribution < 1.29 is 14.3 Å². The van der Waals surface area contributed by atoms with Gasteiger partial charge in [0.2, 0.25) is 0 Å². The Morgan fingerprint density at radius 1 is 1.60 bits per heavy atom. The zero-order valence-corrected chi connectivity index (χ0v) is 8.56. The Morgan fingerprint density at radius 2 is 2.47 bits per heavy atom. The summed E-state index contributed by atoms with van der Waals surface area (Å²) in [4.78, 5) is 12.6. The van der Waals surface area contributed by atoms with Gasteiger partial charge < -0.3 is 9.52 Å². The van der Waals surface area contributed by atoms with Crippen molar-refractivity contribution in [1.29, 1.82) is 0 Å². The molecule has 0 aromatic carbocycles. The van der Waals surface area contributed by atoms with Gasteiger partial charge in [0.15, 0.2) is 12.0 Å². The van der Waals surface area contributed by atoms with Gasteiger partial charge in [-0.1, -0.05) is 0 Å². The average Bonchev–Trinajstić information content (AvgIpc) is 2.87. The van der Waals surface area contributed by atoms with E-state index in [1.54, 1.807) is 6.07 Å². The highest BCUT2D eigenvalue weighted by atomic mass is 16.3. The summed E-state index contributed by atoms with van der Waals surface area (Å²) in [6.45, 7) is 1.86. The van der Waals surface area contributed by atoms with Crippen LogP contribution in [-0.4, -0.2) is 35.5 Å². The summed E-state index contributed by atoms with van der Waals surface area (Å²) in [6.07, 6.45) is 2.86. The Hall–Kier alpha value is -1.13. The van der Waals surface area contributed by atoms with Crippen LogP contribution in [0.2, 0.25) is 0 Å². The lowest BCUT2D eigenvalue weighted by molar-refractivity contribution is 0.109. The summed E-state index contributed by atoms with van der Waals surface area (Å²) in [7, 11) is 0. The maximum Gasteiger partial charge on any atom is 0.185 e. The average molecular weight is 209 g/mol. The first-order chi connectivity index (χ1) is 7.33. The lowest BCUT2D eigenvalue weighted by Gasteiger charge is -2.20. The van der Waals surface area contributed by atoms with Crippen molar-refractivity contribution in [1.82, 2.24) is 4.90 Å². The Kier molecular flexibility index (Phi) is 3.18. The third kappa shape index (κ3) is 2.27. The van der Waals surface area contributed by atoms with Crippen molar-refractivity contribution in [2.24, 2.45) is 0 Å². The van der Waals surface area contributed by atoms with Gasteiger partial charge in [0.05, 0.1) is 13.2 Å². The molecule has 1 saturated heterocycles. The van der Waals surface area contributed by atoms with Gasteiger partial charge >= 0.3 is 0 Å². The van der Waals surface area contributed by atoms with Gasteiger partial charge in [-0.15, -0.1) is 0 Å². The van der Waals surface area contributed by atoms with E-state index in [9.17, 15) is 4.79 Å². The highest BCUT2D eigenvalue weighted by Crippen LogP contribution is 2.20. The van der Waals surface area contributed by atoms with Crippen molar-refractivity contribution in [2.45, 2.75) is 25.4 Å². The number of carbonyl (C=O) groups excluding carboxylic acids is 1. The fourth-order valence-electron chi connectivity index (χ4n) is 2.05. The molecule has 1 aromatic rings. The second kappa shape index (κ2) is 4.59. The van der Waals surface area contributed by atoms with E-state index in [1.807, 2.05) is 6.07 Å². The molecule has 15 heavy (non-hydrogen) atoms.